The number of rotatable bonds is 4. The average molecular weight is 303 g/mol. The monoisotopic (exact) mass is 303 g/mol. The predicted octanol–water partition coefficient (Wildman–Crippen LogP) is 1.86. The molecule has 0 atom stereocenters. The van der Waals surface area contributed by atoms with Gasteiger partial charge in [-0.1, -0.05) is 30.3 Å². The first-order valence-corrected chi connectivity index (χ1v) is 6.23. The van der Waals surface area contributed by atoms with Crippen molar-refractivity contribution in [1.29, 1.82) is 0 Å². The molecule has 22 heavy (non-hydrogen) atoms. The van der Waals surface area contributed by atoms with Gasteiger partial charge in [0, 0.05) is 6.08 Å². The van der Waals surface area contributed by atoms with Crippen molar-refractivity contribution >= 4 is 18.0 Å². The molecule has 1 heterocycles. The van der Waals surface area contributed by atoms with Crippen LogP contribution in [0.25, 0.3) is 6.08 Å². The first-order valence-electron chi connectivity index (χ1n) is 6.23. The Bertz CT molecular complexity index is 608. The van der Waals surface area contributed by atoms with Crippen molar-refractivity contribution in [2.75, 3.05) is 20.0 Å². The highest BCUT2D eigenvalue weighted by atomic mass is 16.5. The molecule has 3 N–H and O–H groups in total. The van der Waals surface area contributed by atoms with E-state index in [0.717, 1.165) is 11.6 Å². The lowest BCUT2D eigenvalue weighted by atomic mass is 10.2. The van der Waals surface area contributed by atoms with E-state index in [-0.39, 0.29) is 5.95 Å². The number of nitrogens with two attached hydrogens (primary N) is 1. The van der Waals surface area contributed by atoms with E-state index in [2.05, 4.69) is 9.97 Å². The zero-order valence-corrected chi connectivity index (χ0v) is 12.3. The third-order valence-corrected chi connectivity index (χ3v) is 2.33. The molecule has 0 saturated carbocycles. The zero-order valence-electron chi connectivity index (χ0n) is 12.3. The molecule has 116 valence electrons. The summed E-state index contributed by atoms with van der Waals surface area (Å²) < 4.78 is 9.65. The molecule has 0 unspecified atom stereocenters. The van der Waals surface area contributed by atoms with Crippen molar-refractivity contribution in [3.8, 4) is 11.8 Å². The Morgan fingerprint density at radius 3 is 2.14 bits per heavy atom. The molecule has 7 heteroatoms. The summed E-state index contributed by atoms with van der Waals surface area (Å²) in [4.78, 5) is 17.6. The zero-order chi connectivity index (χ0) is 16.4. The number of carbonyl (C=O) groups is 1. The molecule has 0 radical (unpaired) electrons. The number of benzene rings is 1. The summed E-state index contributed by atoms with van der Waals surface area (Å²) in [5.74, 6) is 0.0127. The highest BCUT2D eigenvalue weighted by Crippen LogP contribution is 2.14. The minimum Gasteiger partial charge on any atom is -0.481 e. The standard InChI is InChI=1S/C9H8O2.C6H9N3O2/c10-9(11)7-6-8-4-2-1-3-5-8;1-10-4-3-5(11-2)9-6(7)8-4/h1-7H,(H,10,11);3H,1-2H3,(H2,7,8,9)/b7-6+;. The maximum Gasteiger partial charge on any atom is 0.328 e. The van der Waals surface area contributed by atoms with Gasteiger partial charge in [0.2, 0.25) is 17.7 Å². The minimum absolute atomic E-state index is 0.140. The fourth-order valence-electron chi connectivity index (χ4n) is 1.36. The lowest BCUT2D eigenvalue weighted by Gasteiger charge is -2.01. The Labute approximate surface area is 128 Å². The van der Waals surface area contributed by atoms with Crippen molar-refractivity contribution < 1.29 is 19.4 Å². The maximum atomic E-state index is 10.1. The fraction of sp³-hybridized carbons (Fsp3) is 0.133. The molecule has 0 aliphatic rings. The van der Waals surface area contributed by atoms with Crippen LogP contribution in [0.2, 0.25) is 0 Å². The quantitative estimate of drug-likeness (QED) is 0.830. The third kappa shape index (κ3) is 6.38. The molecule has 0 fully saturated rings. The summed E-state index contributed by atoms with van der Waals surface area (Å²) in [5, 5.41) is 8.29. The Morgan fingerprint density at radius 1 is 1.14 bits per heavy atom. The number of anilines is 1. The van der Waals surface area contributed by atoms with Gasteiger partial charge in [-0.3, -0.25) is 0 Å². The van der Waals surface area contributed by atoms with Crippen molar-refractivity contribution in [2.24, 2.45) is 0 Å². The molecule has 7 nitrogen and oxygen atoms in total. The minimum atomic E-state index is -0.922. The van der Waals surface area contributed by atoms with Crippen molar-refractivity contribution in [1.82, 2.24) is 9.97 Å². The number of aliphatic carboxylic acids is 1. The lowest BCUT2D eigenvalue weighted by Crippen LogP contribution is -1.99. The second-order valence-electron chi connectivity index (χ2n) is 3.89. The van der Waals surface area contributed by atoms with Gasteiger partial charge in [0.05, 0.1) is 20.3 Å². The Kier molecular flexibility index (Phi) is 6.91. The van der Waals surface area contributed by atoms with E-state index < -0.39 is 5.97 Å². The summed E-state index contributed by atoms with van der Waals surface area (Å²) in [5.41, 5.74) is 6.23. The van der Waals surface area contributed by atoms with Crippen LogP contribution >= 0.6 is 0 Å². The number of ether oxygens (including phenoxy) is 2. The topological polar surface area (TPSA) is 108 Å². The lowest BCUT2D eigenvalue weighted by molar-refractivity contribution is -0.131. The van der Waals surface area contributed by atoms with Crippen LogP contribution in [-0.2, 0) is 4.79 Å². The first kappa shape index (κ1) is 17.0. The van der Waals surface area contributed by atoms with Crippen LogP contribution in [0.3, 0.4) is 0 Å². The number of hydrogen-bond acceptors (Lipinski definition) is 6. The molecule has 0 saturated heterocycles. The van der Waals surface area contributed by atoms with E-state index in [9.17, 15) is 4.79 Å². The second-order valence-corrected chi connectivity index (χ2v) is 3.89. The number of aromatic nitrogens is 2. The van der Waals surface area contributed by atoms with Gasteiger partial charge in [-0.15, -0.1) is 0 Å². The number of carboxylic acid groups (broad SMARTS) is 1. The van der Waals surface area contributed by atoms with Gasteiger partial charge in [0.25, 0.3) is 0 Å². The number of methoxy groups -OCH3 is 2. The Morgan fingerprint density at radius 2 is 1.68 bits per heavy atom. The molecule has 0 aliphatic carbocycles. The van der Waals surface area contributed by atoms with E-state index in [1.54, 1.807) is 12.1 Å². The average Bonchev–Trinajstić information content (AvgIpc) is 2.53. The van der Waals surface area contributed by atoms with Crippen LogP contribution in [-0.4, -0.2) is 35.3 Å². The molecule has 0 amide bonds. The smallest absolute Gasteiger partial charge is 0.328 e. The Hall–Kier alpha value is -3.09. The third-order valence-electron chi connectivity index (χ3n) is 2.33. The van der Waals surface area contributed by atoms with Gasteiger partial charge in [-0.25, -0.2) is 4.79 Å². The van der Waals surface area contributed by atoms with E-state index >= 15 is 0 Å². The van der Waals surface area contributed by atoms with Crippen LogP contribution in [0, 0.1) is 0 Å². The van der Waals surface area contributed by atoms with E-state index in [0.29, 0.717) is 11.8 Å². The number of nitrogen functional groups attached to an aromatic ring is 1. The fourth-order valence-corrected chi connectivity index (χ4v) is 1.36. The molecule has 2 aromatic rings. The van der Waals surface area contributed by atoms with Gasteiger partial charge >= 0.3 is 5.97 Å². The number of nitrogens with zero attached hydrogens (tertiary/aromatic N) is 2. The van der Waals surface area contributed by atoms with Gasteiger partial charge in [-0.2, -0.15) is 9.97 Å². The molecule has 0 bridgehead atoms. The molecular formula is C15H17N3O4. The largest absolute Gasteiger partial charge is 0.481 e. The van der Waals surface area contributed by atoms with Crippen LogP contribution in [0.4, 0.5) is 5.95 Å². The van der Waals surface area contributed by atoms with E-state index in [4.69, 9.17) is 20.3 Å². The molecule has 0 aliphatic heterocycles. The maximum absolute atomic E-state index is 10.1. The van der Waals surface area contributed by atoms with E-state index in [1.807, 2.05) is 30.3 Å². The van der Waals surface area contributed by atoms with E-state index in [1.165, 1.54) is 14.2 Å². The Balaban J connectivity index is 0.000000220. The SMILES string of the molecule is COc1cc(OC)nc(N)n1.O=C(O)/C=C/c1ccccc1. The predicted molar refractivity (Wildman–Crippen MR) is 82.7 cm³/mol. The summed E-state index contributed by atoms with van der Waals surface area (Å²) >= 11 is 0. The summed E-state index contributed by atoms with van der Waals surface area (Å²) in [6.45, 7) is 0. The van der Waals surface area contributed by atoms with Crippen molar-refractivity contribution in [3.63, 3.8) is 0 Å². The van der Waals surface area contributed by atoms with Gasteiger partial charge in [-0.05, 0) is 11.6 Å². The highest BCUT2D eigenvalue weighted by molar-refractivity contribution is 5.85. The van der Waals surface area contributed by atoms with Crippen molar-refractivity contribution in [2.45, 2.75) is 0 Å². The highest BCUT2D eigenvalue weighted by Gasteiger charge is 2.00. The summed E-state index contributed by atoms with van der Waals surface area (Å²) in [6.07, 6.45) is 2.68. The summed E-state index contributed by atoms with van der Waals surface area (Å²) in [6, 6.07) is 10.9. The number of hydrogen-bond donors (Lipinski definition) is 2. The molecular weight excluding hydrogens is 286 g/mol. The number of carboxylic acids is 1. The van der Waals surface area contributed by atoms with Crippen molar-refractivity contribution in [3.05, 3.63) is 48.0 Å². The molecule has 1 aromatic heterocycles. The summed E-state index contributed by atoms with van der Waals surface area (Å²) in [7, 11) is 3.00. The van der Waals surface area contributed by atoms with Gasteiger partial charge < -0.3 is 20.3 Å². The van der Waals surface area contributed by atoms with Gasteiger partial charge in [0.15, 0.2) is 0 Å². The molecule has 0 spiro atoms. The molecule has 1 aromatic carbocycles. The van der Waals surface area contributed by atoms with Gasteiger partial charge in [0.1, 0.15) is 0 Å². The van der Waals surface area contributed by atoms with Crippen LogP contribution in [0.15, 0.2) is 42.5 Å². The normalized spacial score (nSPS) is 9.73. The first-order chi connectivity index (χ1) is 10.5. The molecule has 2 rings (SSSR count). The van der Waals surface area contributed by atoms with Crippen LogP contribution < -0.4 is 15.2 Å². The van der Waals surface area contributed by atoms with Crippen LogP contribution in [0.5, 0.6) is 11.8 Å². The second kappa shape index (κ2) is 8.96. The van der Waals surface area contributed by atoms with Crippen LogP contribution in [0.1, 0.15) is 5.56 Å².